The highest BCUT2D eigenvalue weighted by atomic mass is 16.7. The lowest BCUT2D eigenvalue weighted by Crippen LogP contribution is -2.16. The summed E-state index contributed by atoms with van der Waals surface area (Å²) in [6.45, 7) is 7.99. The number of Topliss-reactive ketones (excluding diaryl/α,β-unsaturated/α-hetero) is 1. The summed E-state index contributed by atoms with van der Waals surface area (Å²) in [6, 6.07) is 18.9. The number of carbonyl (C=O) groups excluding carboxylic acids is 3. The van der Waals surface area contributed by atoms with Crippen molar-refractivity contribution in [3.8, 4) is 0 Å². The highest BCUT2D eigenvalue weighted by Crippen LogP contribution is 2.31. The van der Waals surface area contributed by atoms with Gasteiger partial charge in [-0.25, -0.2) is 4.79 Å². The fourth-order valence-corrected chi connectivity index (χ4v) is 4.98. The molecule has 3 aromatic carbocycles. The summed E-state index contributed by atoms with van der Waals surface area (Å²) >= 11 is 0. The molecule has 1 heterocycles. The van der Waals surface area contributed by atoms with Gasteiger partial charge in [-0.15, -0.1) is 0 Å². The van der Waals surface area contributed by atoms with Gasteiger partial charge in [0.05, 0.1) is 0 Å². The number of ketones is 2. The third kappa shape index (κ3) is 7.78. The molecule has 0 saturated heterocycles. The van der Waals surface area contributed by atoms with Crippen molar-refractivity contribution in [2.24, 2.45) is 5.16 Å². The highest BCUT2D eigenvalue weighted by molar-refractivity contribution is 6.46. The molecule has 4 rings (SSSR count). The van der Waals surface area contributed by atoms with Crippen LogP contribution in [0.15, 0.2) is 65.8 Å². The first-order valence-electron chi connectivity index (χ1n) is 14.3. The Bertz CT molecular complexity index is 1600. The predicted molar refractivity (Wildman–Crippen MR) is 165 cm³/mol. The van der Waals surface area contributed by atoms with E-state index in [2.05, 4.69) is 23.6 Å². The number of carbonyl (C=O) groups is 4. The number of nitrogens with zero attached hydrogens (tertiary/aromatic N) is 2. The second kappa shape index (κ2) is 15.4. The molecule has 0 bridgehead atoms. The molecule has 1 N–H and O–H groups in total. The second-order valence-corrected chi connectivity index (χ2v) is 10.1. The molecule has 1 aromatic heterocycles. The van der Waals surface area contributed by atoms with E-state index in [-0.39, 0.29) is 23.8 Å². The molecule has 42 heavy (non-hydrogen) atoms. The molecule has 0 aliphatic rings. The van der Waals surface area contributed by atoms with Crippen molar-refractivity contribution in [3.05, 3.63) is 82.9 Å². The van der Waals surface area contributed by atoms with Crippen LogP contribution in [0, 0.1) is 6.92 Å². The van der Waals surface area contributed by atoms with E-state index in [0.29, 0.717) is 23.1 Å². The fraction of sp³-hybridized carbons (Fsp3) is 0.324. The Morgan fingerprint density at radius 3 is 1.95 bits per heavy atom. The van der Waals surface area contributed by atoms with Crippen molar-refractivity contribution < 1.29 is 29.1 Å². The van der Waals surface area contributed by atoms with Crippen LogP contribution in [0.25, 0.3) is 21.8 Å². The van der Waals surface area contributed by atoms with Crippen LogP contribution in [0.3, 0.4) is 0 Å². The third-order valence-electron chi connectivity index (χ3n) is 7.08. The quantitative estimate of drug-likeness (QED) is 0.0470. The molecule has 0 fully saturated rings. The van der Waals surface area contributed by atoms with E-state index in [1.807, 2.05) is 61.5 Å². The molecule has 8 heteroatoms. The molecule has 8 nitrogen and oxygen atoms in total. The highest BCUT2D eigenvalue weighted by Gasteiger charge is 2.19. The van der Waals surface area contributed by atoms with E-state index in [9.17, 15) is 14.4 Å². The van der Waals surface area contributed by atoms with E-state index in [1.165, 1.54) is 6.92 Å². The van der Waals surface area contributed by atoms with Gasteiger partial charge in [0.1, 0.15) is 5.71 Å². The standard InChI is InChI=1S/C33H36N2O4.CH2O2/c1-5-7-8-9-10-11-29(34-39-23(4)36)33(38)26-17-19-31-28(21-26)27-20-25(16-18-30(27)35(31)6-2)32(37)24-14-12-22(3)13-15-24;2-1-3/h12-21H,5-11H2,1-4H3;1H,(H,2,3)/b34-29+;. The van der Waals surface area contributed by atoms with E-state index in [0.717, 1.165) is 66.0 Å². The molecule has 0 aliphatic heterocycles. The SMILES string of the molecule is CCCCCCC/C(=N\OC(C)=O)C(=O)c1ccc2c(c1)c1cc(C(=O)c3ccc(C)cc3)ccc1n2CC.O=CO. The van der Waals surface area contributed by atoms with Crippen molar-refractivity contribution in [1.82, 2.24) is 4.57 Å². The van der Waals surface area contributed by atoms with Crippen molar-refractivity contribution in [1.29, 1.82) is 0 Å². The minimum absolute atomic E-state index is 0.0413. The van der Waals surface area contributed by atoms with Gasteiger partial charge in [0.2, 0.25) is 5.78 Å². The maximum Gasteiger partial charge on any atom is 0.331 e. The van der Waals surface area contributed by atoms with Crippen LogP contribution in [-0.4, -0.2) is 39.4 Å². The molecule has 0 atom stereocenters. The first-order chi connectivity index (χ1) is 20.2. The number of carboxylic acid groups (broad SMARTS) is 1. The van der Waals surface area contributed by atoms with Crippen molar-refractivity contribution in [3.63, 3.8) is 0 Å². The first-order valence-corrected chi connectivity index (χ1v) is 14.3. The van der Waals surface area contributed by atoms with Gasteiger partial charge in [-0.1, -0.05) is 67.6 Å². The zero-order valence-corrected chi connectivity index (χ0v) is 24.7. The minimum Gasteiger partial charge on any atom is -0.483 e. The molecule has 4 aromatic rings. The van der Waals surface area contributed by atoms with Gasteiger partial charge in [-0.05, 0) is 63.1 Å². The summed E-state index contributed by atoms with van der Waals surface area (Å²) in [5, 5.41) is 12.6. The van der Waals surface area contributed by atoms with Gasteiger partial charge in [-0.2, -0.15) is 0 Å². The number of unbranched alkanes of at least 4 members (excludes halogenated alkanes) is 4. The van der Waals surface area contributed by atoms with Gasteiger partial charge in [0.15, 0.2) is 5.78 Å². The van der Waals surface area contributed by atoms with E-state index < -0.39 is 5.97 Å². The minimum atomic E-state index is -0.557. The van der Waals surface area contributed by atoms with Crippen LogP contribution < -0.4 is 0 Å². The van der Waals surface area contributed by atoms with Crippen molar-refractivity contribution in [2.45, 2.75) is 72.8 Å². The molecule has 0 spiro atoms. The van der Waals surface area contributed by atoms with Gasteiger partial charge in [-0.3, -0.25) is 14.4 Å². The number of aromatic nitrogens is 1. The molecular formula is C34H38N2O6. The Morgan fingerprint density at radius 1 is 0.833 bits per heavy atom. The predicted octanol–water partition coefficient (Wildman–Crippen LogP) is 7.52. The van der Waals surface area contributed by atoms with Crippen LogP contribution in [0.5, 0.6) is 0 Å². The lowest BCUT2D eigenvalue weighted by Gasteiger charge is -2.07. The van der Waals surface area contributed by atoms with Crippen molar-refractivity contribution >= 4 is 51.5 Å². The number of fused-ring (bicyclic) bond motifs is 3. The normalized spacial score (nSPS) is 11.2. The monoisotopic (exact) mass is 570 g/mol. The first kappa shape index (κ1) is 31.9. The second-order valence-electron chi connectivity index (χ2n) is 10.1. The summed E-state index contributed by atoms with van der Waals surface area (Å²) in [7, 11) is 0. The van der Waals surface area contributed by atoms with Gasteiger partial charge in [0.25, 0.3) is 6.47 Å². The average Bonchev–Trinajstić information content (AvgIpc) is 3.30. The van der Waals surface area contributed by atoms with Gasteiger partial charge in [0, 0.05) is 52.0 Å². The average molecular weight is 571 g/mol. The Hall–Kier alpha value is -4.59. The van der Waals surface area contributed by atoms with E-state index in [1.54, 1.807) is 6.07 Å². The smallest absolute Gasteiger partial charge is 0.331 e. The lowest BCUT2D eigenvalue weighted by atomic mass is 9.98. The molecule has 0 radical (unpaired) electrons. The molecule has 0 amide bonds. The summed E-state index contributed by atoms with van der Waals surface area (Å²) in [6.07, 6.45) is 5.61. The number of aryl methyl sites for hydroxylation is 2. The zero-order chi connectivity index (χ0) is 30.6. The van der Waals surface area contributed by atoms with Crippen LogP contribution in [0.4, 0.5) is 0 Å². The Labute approximate surface area is 246 Å². The molecule has 0 unspecified atom stereocenters. The fourth-order valence-electron chi connectivity index (χ4n) is 4.98. The number of benzene rings is 3. The maximum atomic E-state index is 13.5. The number of hydrogen-bond donors (Lipinski definition) is 1. The zero-order valence-electron chi connectivity index (χ0n) is 24.7. The summed E-state index contributed by atoms with van der Waals surface area (Å²) < 4.78 is 2.18. The Morgan fingerprint density at radius 2 is 1.38 bits per heavy atom. The van der Waals surface area contributed by atoms with Crippen LogP contribution in [0.2, 0.25) is 0 Å². The molecular weight excluding hydrogens is 532 g/mol. The van der Waals surface area contributed by atoms with E-state index >= 15 is 0 Å². The summed E-state index contributed by atoms with van der Waals surface area (Å²) in [5.74, 6) is -0.850. The van der Waals surface area contributed by atoms with Crippen LogP contribution in [-0.2, 0) is 21.0 Å². The largest absolute Gasteiger partial charge is 0.483 e. The topological polar surface area (TPSA) is 115 Å². The summed E-state index contributed by atoms with van der Waals surface area (Å²) in [4.78, 5) is 51.4. The number of oxime groups is 1. The van der Waals surface area contributed by atoms with Gasteiger partial charge < -0.3 is 14.5 Å². The molecule has 220 valence electrons. The third-order valence-corrected chi connectivity index (χ3v) is 7.08. The van der Waals surface area contributed by atoms with E-state index in [4.69, 9.17) is 14.7 Å². The van der Waals surface area contributed by atoms with Crippen LogP contribution >= 0.6 is 0 Å². The maximum absolute atomic E-state index is 13.5. The van der Waals surface area contributed by atoms with Crippen molar-refractivity contribution in [2.75, 3.05) is 0 Å². The lowest BCUT2D eigenvalue weighted by molar-refractivity contribution is -0.141. The number of rotatable bonds is 12. The molecule has 0 aliphatic carbocycles. The summed E-state index contributed by atoms with van der Waals surface area (Å²) in [5.41, 5.74) is 5.05. The van der Waals surface area contributed by atoms with Crippen LogP contribution in [0.1, 0.15) is 91.1 Å². The number of hydrogen-bond acceptors (Lipinski definition) is 6. The Kier molecular flexibility index (Phi) is 11.7. The van der Waals surface area contributed by atoms with Gasteiger partial charge >= 0.3 is 5.97 Å². The molecule has 0 saturated carbocycles. The Balaban J connectivity index is 0.00000155.